The van der Waals surface area contributed by atoms with Gasteiger partial charge in [0, 0.05) is 23.6 Å². The van der Waals surface area contributed by atoms with Gasteiger partial charge in [0.05, 0.1) is 10.7 Å². The first-order chi connectivity index (χ1) is 14.4. The van der Waals surface area contributed by atoms with Crippen molar-refractivity contribution < 1.29 is 13.6 Å². The van der Waals surface area contributed by atoms with Gasteiger partial charge in [-0.15, -0.1) is 16.4 Å². The van der Waals surface area contributed by atoms with Crippen LogP contribution in [-0.4, -0.2) is 25.7 Å². The lowest BCUT2D eigenvalue weighted by atomic mass is 10.1. The summed E-state index contributed by atoms with van der Waals surface area (Å²) in [6.07, 6.45) is 1.77. The maximum Gasteiger partial charge on any atom is 0.297 e. The average molecular weight is 446 g/mol. The van der Waals surface area contributed by atoms with Crippen molar-refractivity contribution in [2.45, 2.75) is 13.3 Å². The molecular formula is C20H14ClF2N5OS. The molecule has 4 rings (SSSR count). The zero-order chi connectivity index (χ0) is 21.3. The summed E-state index contributed by atoms with van der Waals surface area (Å²) < 4.78 is 28.4. The third kappa shape index (κ3) is 4.22. The van der Waals surface area contributed by atoms with Crippen molar-refractivity contribution in [3.63, 3.8) is 0 Å². The van der Waals surface area contributed by atoms with Crippen molar-refractivity contribution in [3.05, 3.63) is 87.4 Å². The van der Waals surface area contributed by atoms with Crippen molar-refractivity contribution >= 4 is 34.0 Å². The number of halogens is 3. The van der Waals surface area contributed by atoms with Gasteiger partial charge in [0.15, 0.2) is 5.13 Å². The minimum atomic E-state index is -0.632. The molecule has 1 N–H and O–H groups in total. The van der Waals surface area contributed by atoms with Gasteiger partial charge in [-0.25, -0.2) is 23.4 Å². The van der Waals surface area contributed by atoms with Gasteiger partial charge in [-0.05, 0) is 30.7 Å². The van der Waals surface area contributed by atoms with Gasteiger partial charge < -0.3 is 0 Å². The van der Waals surface area contributed by atoms with Crippen LogP contribution in [-0.2, 0) is 6.42 Å². The minimum absolute atomic E-state index is 0.0336. The molecule has 152 valence electrons. The van der Waals surface area contributed by atoms with Crippen LogP contribution in [0.4, 0.5) is 13.9 Å². The molecule has 0 radical (unpaired) electrons. The molecule has 0 atom stereocenters. The van der Waals surface area contributed by atoms with E-state index in [0.29, 0.717) is 32.1 Å². The second-order valence-electron chi connectivity index (χ2n) is 6.34. The van der Waals surface area contributed by atoms with E-state index in [1.54, 1.807) is 25.1 Å². The fraction of sp³-hybridized carbons (Fsp3) is 0.100. The highest BCUT2D eigenvalue weighted by molar-refractivity contribution is 7.15. The molecular weight excluding hydrogens is 432 g/mol. The Morgan fingerprint density at radius 1 is 1.23 bits per heavy atom. The molecule has 1 amide bonds. The minimum Gasteiger partial charge on any atom is -0.295 e. The summed E-state index contributed by atoms with van der Waals surface area (Å²) in [6, 6.07) is 10.5. The lowest BCUT2D eigenvalue weighted by Gasteiger charge is -2.04. The molecule has 2 aromatic carbocycles. The van der Waals surface area contributed by atoms with E-state index in [-0.39, 0.29) is 12.2 Å². The van der Waals surface area contributed by atoms with Crippen LogP contribution in [0.1, 0.15) is 26.9 Å². The highest BCUT2D eigenvalue weighted by atomic mass is 35.5. The first kappa shape index (κ1) is 20.1. The Hall–Kier alpha value is -3.17. The maximum absolute atomic E-state index is 13.8. The van der Waals surface area contributed by atoms with Crippen LogP contribution in [0.2, 0.25) is 5.02 Å². The molecule has 0 saturated heterocycles. The van der Waals surface area contributed by atoms with Crippen LogP contribution >= 0.6 is 22.9 Å². The number of amides is 1. The predicted octanol–water partition coefficient (Wildman–Crippen LogP) is 4.81. The third-order valence-electron chi connectivity index (χ3n) is 4.21. The number of carbonyl (C=O) groups excluding carboxylic acids is 1. The number of nitrogens with one attached hydrogen (secondary N) is 1. The molecule has 0 aliphatic rings. The largest absolute Gasteiger partial charge is 0.297 e. The number of aryl methyl sites for hydroxylation is 1. The highest BCUT2D eigenvalue weighted by Gasteiger charge is 2.18. The molecule has 2 aromatic heterocycles. The lowest BCUT2D eigenvalue weighted by Crippen LogP contribution is -2.14. The average Bonchev–Trinajstić information content (AvgIpc) is 3.31. The van der Waals surface area contributed by atoms with Crippen LogP contribution in [0.5, 0.6) is 0 Å². The van der Waals surface area contributed by atoms with E-state index >= 15 is 0 Å². The summed E-state index contributed by atoms with van der Waals surface area (Å²) in [4.78, 5) is 21.6. The third-order valence-corrected chi connectivity index (χ3v) is 5.44. The van der Waals surface area contributed by atoms with Gasteiger partial charge in [0.2, 0.25) is 5.82 Å². The van der Waals surface area contributed by atoms with Crippen molar-refractivity contribution in [1.29, 1.82) is 0 Å². The van der Waals surface area contributed by atoms with Crippen LogP contribution in [0.15, 0.2) is 48.7 Å². The molecule has 10 heteroatoms. The van der Waals surface area contributed by atoms with E-state index in [1.165, 1.54) is 34.3 Å². The SMILES string of the molecule is Cc1nc(C(=O)Nc2ncc(Cc3ccc(F)cc3F)s2)nn1-c1ccccc1Cl. The molecule has 0 fully saturated rings. The molecule has 0 bridgehead atoms. The Balaban J connectivity index is 1.49. The summed E-state index contributed by atoms with van der Waals surface area (Å²) in [5, 5.41) is 7.68. The number of thiazole rings is 1. The number of benzene rings is 2. The smallest absolute Gasteiger partial charge is 0.295 e. The number of carbonyl (C=O) groups is 1. The number of hydrogen-bond acceptors (Lipinski definition) is 5. The van der Waals surface area contributed by atoms with Gasteiger partial charge in [-0.2, -0.15) is 0 Å². The zero-order valence-electron chi connectivity index (χ0n) is 15.6. The van der Waals surface area contributed by atoms with Gasteiger partial charge in [0.25, 0.3) is 5.91 Å². The van der Waals surface area contributed by atoms with Gasteiger partial charge in [0.1, 0.15) is 17.5 Å². The molecule has 6 nitrogen and oxygen atoms in total. The summed E-state index contributed by atoms with van der Waals surface area (Å²) in [5.74, 6) is -1.32. The highest BCUT2D eigenvalue weighted by Crippen LogP contribution is 2.24. The summed E-state index contributed by atoms with van der Waals surface area (Å²) in [5.41, 5.74) is 0.953. The molecule has 30 heavy (non-hydrogen) atoms. The molecule has 0 aliphatic heterocycles. The van der Waals surface area contributed by atoms with Gasteiger partial charge >= 0.3 is 0 Å². The fourth-order valence-corrected chi connectivity index (χ4v) is 3.84. The molecule has 0 saturated carbocycles. The molecule has 2 heterocycles. The summed E-state index contributed by atoms with van der Waals surface area (Å²) >= 11 is 7.38. The van der Waals surface area contributed by atoms with Crippen LogP contribution in [0.3, 0.4) is 0 Å². The van der Waals surface area contributed by atoms with Crippen LogP contribution < -0.4 is 5.32 Å². The van der Waals surface area contributed by atoms with E-state index in [1.807, 2.05) is 6.07 Å². The Bertz CT molecular complexity index is 1240. The first-order valence-corrected chi connectivity index (χ1v) is 9.98. The topological polar surface area (TPSA) is 72.7 Å². The lowest BCUT2D eigenvalue weighted by molar-refractivity contribution is 0.101. The van der Waals surface area contributed by atoms with E-state index < -0.39 is 17.5 Å². The predicted molar refractivity (Wildman–Crippen MR) is 110 cm³/mol. The molecule has 0 unspecified atom stereocenters. The summed E-state index contributed by atoms with van der Waals surface area (Å²) in [6.45, 7) is 1.71. The number of rotatable bonds is 5. The monoisotopic (exact) mass is 445 g/mol. The van der Waals surface area contributed by atoms with Crippen molar-refractivity contribution in [3.8, 4) is 5.69 Å². The Morgan fingerprint density at radius 3 is 2.80 bits per heavy atom. The second-order valence-corrected chi connectivity index (χ2v) is 7.87. The Kier molecular flexibility index (Phi) is 5.56. The van der Waals surface area contributed by atoms with Crippen LogP contribution in [0.25, 0.3) is 5.69 Å². The van der Waals surface area contributed by atoms with Crippen molar-refractivity contribution in [2.75, 3.05) is 5.32 Å². The maximum atomic E-state index is 13.8. The molecule has 0 spiro atoms. The molecule has 0 aliphatic carbocycles. The standard InChI is InChI=1S/C20H14ClF2N5OS/c1-11-25-18(27-28(11)17-5-3-2-4-15(17)21)19(29)26-20-24-10-14(30-20)8-12-6-7-13(22)9-16(12)23/h2-7,9-10H,8H2,1H3,(H,24,26,29). The Labute approximate surface area is 179 Å². The second kappa shape index (κ2) is 8.29. The van der Waals surface area contributed by atoms with Gasteiger partial charge in [-0.1, -0.05) is 29.8 Å². The normalized spacial score (nSPS) is 10.9. The first-order valence-electron chi connectivity index (χ1n) is 8.79. The van der Waals surface area contributed by atoms with E-state index in [0.717, 1.165) is 6.07 Å². The zero-order valence-corrected chi connectivity index (χ0v) is 17.1. The van der Waals surface area contributed by atoms with E-state index in [2.05, 4.69) is 20.4 Å². The van der Waals surface area contributed by atoms with Crippen molar-refractivity contribution in [1.82, 2.24) is 19.7 Å². The van der Waals surface area contributed by atoms with Crippen LogP contribution in [0, 0.1) is 18.6 Å². The van der Waals surface area contributed by atoms with E-state index in [9.17, 15) is 13.6 Å². The quantitative estimate of drug-likeness (QED) is 0.478. The number of nitrogens with zero attached hydrogens (tertiary/aromatic N) is 4. The number of para-hydroxylation sites is 1. The summed E-state index contributed by atoms with van der Waals surface area (Å²) in [7, 11) is 0. The number of aromatic nitrogens is 4. The Morgan fingerprint density at radius 2 is 2.03 bits per heavy atom. The van der Waals surface area contributed by atoms with E-state index in [4.69, 9.17) is 11.6 Å². The number of hydrogen-bond donors (Lipinski definition) is 1. The van der Waals surface area contributed by atoms with Crippen molar-refractivity contribution in [2.24, 2.45) is 0 Å². The fourth-order valence-electron chi connectivity index (χ4n) is 2.79. The number of anilines is 1. The molecule has 4 aromatic rings. The van der Waals surface area contributed by atoms with Gasteiger partial charge in [-0.3, -0.25) is 10.1 Å².